The first-order valence-corrected chi connectivity index (χ1v) is 4.01. The van der Waals surface area contributed by atoms with Crippen LogP contribution in [0.3, 0.4) is 0 Å². The molecule has 1 aliphatic rings. The highest BCUT2D eigenvalue weighted by Gasteiger charge is 2.22. The zero-order valence-corrected chi connectivity index (χ0v) is 6.82. The summed E-state index contributed by atoms with van der Waals surface area (Å²) in [6.45, 7) is 5.29. The predicted octanol–water partition coefficient (Wildman–Crippen LogP) is 1.65. The number of benzene rings is 1. The number of hydrogen-bond acceptors (Lipinski definition) is 2. The highest BCUT2D eigenvalue weighted by atomic mass is 16.6. The second kappa shape index (κ2) is 3.15. The average molecular weight is 163 g/mol. The van der Waals surface area contributed by atoms with Crippen molar-refractivity contribution in [3.8, 4) is 5.75 Å². The van der Waals surface area contributed by atoms with Crippen LogP contribution in [0.1, 0.15) is 5.56 Å². The van der Waals surface area contributed by atoms with Gasteiger partial charge in [-0.3, -0.25) is 0 Å². The molecule has 1 aliphatic heterocycles. The fraction of sp³-hybridized carbons (Fsp3) is 0.300. The van der Waals surface area contributed by atoms with Gasteiger partial charge in [0, 0.05) is 0 Å². The number of epoxide rings is 1. The normalized spacial score (nSPS) is 20.6. The molecule has 0 bridgehead atoms. The minimum absolute atomic E-state index is 0.324. The molecule has 0 aromatic heterocycles. The van der Waals surface area contributed by atoms with E-state index in [1.807, 2.05) is 24.3 Å². The minimum Gasteiger partial charge on any atom is -0.491 e. The van der Waals surface area contributed by atoms with Crippen LogP contribution in [-0.4, -0.2) is 19.3 Å². The number of hydrogen-bond donors (Lipinski definition) is 0. The first-order valence-electron chi connectivity index (χ1n) is 4.01. The molecule has 0 saturated carbocycles. The van der Waals surface area contributed by atoms with Gasteiger partial charge in [-0.05, 0) is 24.6 Å². The summed E-state index contributed by atoms with van der Waals surface area (Å²) in [6, 6.07) is 7.71. The predicted molar refractivity (Wildman–Crippen MR) is 46.1 cm³/mol. The molecule has 1 saturated heterocycles. The van der Waals surface area contributed by atoms with E-state index in [0.717, 1.165) is 17.9 Å². The zero-order valence-electron chi connectivity index (χ0n) is 6.82. The van der Waals surface area contributed by atoms with Crippen molar-refractivity contribution in [2.45, 2.75) is 6.10 Å². The van der Waals surface area contributed by atoms with Gasteiger partial charge < -0.3 is 9.47 Å². The third kappa shape index (κ3) is 1.98. The lowest BCUT2D eigenvalue weighted by Gasteiger charge is -2.03. The van der Waals surface area contributed by atoms with Crippen LogP contribution in [0.5, 0.6) is 5.75 Å². The van der Waals surface area contributed by atoms with Crippen LogP contribution in [0.4, 0.5) is 0 Å². The molecule has 0 N–H and O–H groups in total. The highest BCUT2D eigenvalue weighted by Crippen LogP contribution is 2.15. The molecule has 2 nitrogen and oxygen atoms in total. The standard InChI is InChI=1S/C10H11O2/c1-8-2-4-9(5-3-8)11-6-10-7-12-10/h2-5,10H,1,6-7H2. The van der Waals surface area contributed by atoms with Crippen LogP contribution >= 0.6 is 0 Å². The molecule has 0 aliphatic carbocycles. The van der Waals surface area contributed by atoms with E-state index in [4.69, 9.17) is 9.47 Å². The summed E-state index contributed by atoms with van der Waals surface area (Å²) in [7, 11) is 0. The Morgan fingerprint density at radius 2 is 2.08 bits per heavy atom. The largest absolute Gasteiger partial charge is 0.491 e. The molecule has 0 amide bonds. The van der Waals surface area contributed by atoms with Crippen molar-refractivity contribution in [1.29, 1.82) is 0 Å². The van der Waals surface area contributed by atoms with Crippen LogP contribution < -0.4 is 4.74 Å². The van der Waals surface area contributed by atoms with E-state index in [1.165, 1.54) is 0 Å². The molecule has 1 heterocycles. The highest BCUT2D eigenvalue weighted by molar-refractivity contribution is 5.28. The van der Waals surface area contributed by atoms with Gasteiger partial charge in [-0.1, -0.05) is 12.1 Å². The van der Waals surface area contributed by atoms with Crippen LogP contribution in [0.25, 0.3) is 0 Å². The van der Waals surface area contributed by atoms with Gasteiger partial charge in [0.2, 0.25) is 0 Å². The van der Waals surface area contributed by atoms with Crippen molar-refractivity contribution in [1.82, 2.24) is 0 Å². The van der Waals surface area contributed by atoms with Gasteiger partial charge in [0.1, 0.15) is 18.5 Å². The Kier molecular flexibility index (Phi) is 2.00. The van der Waals surface area contributed by atoms with Gasteiger partial charge in [-0.25, -0.2) is 0 Å². The van der Waals surface area contributed by atoms with Crippen molar-refractivity contribution in [2.75, 3.05) is 13.2 Å². The molecule has 1 aromatic rings. The summed E-state index contributed by atoms with van der Waals surface area (Å²) in [4.78, 5) is 0. The molecule has 2 heteroatoms. The molecule has 12 heavy (non-hydrogen) atoms. The first-order chi connectivity index (χ1) is 5.84. The van der Waals surface area contributed by atoms with E-state index in [-0.39, 0.29) is 0 Å². The second-order valence-electron chi connectivity index (χ2n) is 2.91. The van der Waals surface area contributed by atoms with E-state index < -0.39 is 0 Å². The minimum atomic E-state index is 0.324. The van der Waals surface area contributed by atoms with Gasteiger partial charge in [0.25, 0.3) is 0 Å². The molecule has 2 rings (SSSR count). The van der Waals surface area contributed by atoms with Crippen LogP contribution in [0.15, 0.2) is 24.3 Å². The van der Waals surface area contributed by atoms with Crippen LogP contribution in [0.2, 0.25) is 0 Å². The Bertz CT molecular complexity index is 249. The SMILES string of the molecule is [CH2]c1ccc(OCC2CO2)cc1. The maximum absolute atomic E-state index is 5.43. The average Bonchev–Trinajstić information content (AvgIpc) is 2.87. The molecule has 1 aromatic carbocycles. The lowest BCUT2D eigenvalue weighted by atomic mass is 10.2. The molecule has 1 atom stereocenters. The third-order valence-electron chi connectivity index (χ3n) is 1.76. The van der Waals surface area contributed by atoms with Gasteiger partial charge in [0.05, 0.1) is 6.61 Å². The Morgan fingerprint density at radius 3 is 2.67 bits per heavy atom. The maximum atomic E-state index is 5.43. The lowest BCUT2D eigenvalue weighted by Crippen LogP contribution is -2.03. The van der Waals surface area contributed by atoms with Crippen molar-refractivity contribution in [2.24, 2.45) is 0 Å². The molecule has 0 spiro atoms. The molecule has 63 valence electrons. The van der Waals surface area contributed by atoms with Crippen molar-refractivity contribution >= 4 is 0 Å². The van der Waals surface area contributed by atoms with Gasteiger partial charge in [-0.15, -0.1) is 0 Å². The Hall–Kier alpha value is -1.02. The van der Waals surface area contributed by atoms with E-state index in [2.05, 4.69) is 6.92 Å². The number of ether oxygens (including phenoxy) is 2. The summed E-state index contributed by atoms with van der Waals surface area (Å²) >= 11 is 0. The molecular weight excluding hydrogens is 152 g/mol. The molecule has 1 fully saturated rings. The fourth-order valence-corrected chi connectivity index (χ4v) is 0.939. The monoisotopic (exact) mass is 163 g/mol. The fourth-order valence-electron chi connectivity index (χ4n) is 0.939. The zero-order chi connectivity index (χ0) is 8.39. The maximum Gasteiger partial charge on any atom is 0.119 e. The molecule has 1 unspecified atom stereocenters. The van der Waals surface area contributed by atoms with Crippen molar-refractivity contribution in [3.63, 3.8) is 0 Å². The lowest BCUT2D eigenvalue weighted by molar-refractivity contribution is 0.263. The Balaban J connectivity index is 1.89. The van der Waals surface area contributed by atoms with Crippen molar-refractivity contribution in [3.05, 3.63) is 36.8 Å². The van der Waals surface area contributed by atoms with E-state index in [9.17, 15) is 0 Å². The second-order valence-corrected chi connectivity index (χ2v) is 2.91. The van der Waals surface area contributed by atoms with Gasteiger partial charge >= 0.3 is 0 Å². The Morgan fingerprint density at radius 1 is 1.42 bits per heavy atom. The Labute approximate surface area is 72.1 Å². The van der Waals surface area contributed by atoms with Gasteiger partial charge in [-0.2, -0.15) is 0 Å². The number of rotatable bonds is 3. The molecular formula is C10H11O2. The molecule has 1 radical (unpaired) electrons. The summed E-state index contributed by atoms with van der Waals surface area (Å²) in [5.74, 6) is 0.887. The van der Waals surface area contributed by atoms with Crippen LogP contribution in [-0.2, 0) is 4.74 Å². The van der Waals surface area contributed by atoms with E-state index in [1.54, 1.807) is 0 Å². The summed E-state index contributed by atoms with van der Waals surface area (Å²) in [5, 5.41) is 0. The van der Waals surface area contributed by atoms with Crippen LogP contribution in [0, 0.1) is 6.92 Å². The third-order valence-corrected chi connectivity index (χ3v) is 1.76. The van der Waals surface area contributed by atoms with Crippen molar-refractivity contribution < 1.29 is 9.47 Å². The topological polar surface area (TPSA) is 21.8 Å². The summed E-state index contributed by atoms with van der Waals surface area (Å²) < 4.78 is 10.4. The summed E-state index contributed by atoms with van der Waals surface area (Å²) in [5.41, 5.74) is 1.00. The quantitative estimate of drug-likeness (QED) is 0.632. The smallest absolute Gasteiger partial charge is 0.119 e. The van der Waals surface area contributed by atoms with Gasteiger partial charge in [0.15, 0.2) is 0 Å². The first kappa shape index (κ1) is 7.62. The van der Waals surface area contributed by atoms with E-state index >= 15 is 0 Å². The van der Waals surface area contributed by atoms with E-state index in [0.29, 0.717) is 12.7 Å². The summed E-state index contributed by atoms with van der Waals surface area (Å²) in [6.07, 6.45) is 0.324.